The van der Waals surface area contributed by atoms with Crippen LogP contribution in [0, 0.1) is 5.92 Å². The molecule has 0 aromatic carbocycles. The minimum absolute atomic E-state index is 0.0431. The Morgan fingerprint density at radius 2 is 1.61 bits per heavy atom. The number of aliphatic carboxylic acids is 1. The molecule has 2 unspecified atom stereocenters. The Hall–Kier alpha value is -1.10. The first-order chi connectivity index (χ1) is 14.2. The van der Waals surface area contributed by atoms with E-state index in [1.54, 1.807) is 20.8 Å². The number of likely N-dealkylation sites (tertiary alicyclic amines) is 1. The lowest BCUT2D eigenvalue weighted by atomic mass is 9.83. The molecular formula is C22H37IN2O6. The van der Waals surface area contributed by atoms with Gasteiger partial charge in [0.2, 0.25) is 5.91 Å². The van der Waals surface area contributed by atoms with E-state index in [0.717, 1.165) is 32.1 Å². The Kier molecular flexibility index (Phi) is 8.63. The number of hydrogen-bond acceptors (Lipinski definition) is 5. The predicted molar refractivity (Wildman–Crippen MR) is 125 cm³/mol. The molecule has 8 nitrogen and oxygen atoms in total. The summed E-state index contributed by atoms with van der Waals surface area (Å²) in [5, 5.41) is 12.6. The van der Waals surface area contributed by atoms with E-state index >= 15 is 0 Å². The van der Waals surface area contributed by atoms with E-state index in [9.17, 15) is 19.5 Å². The van der Waals surface area contributed by atoms with Crippen molar-refractivity contribution in [2.24, 2.45) is 5.92 Å². The van der Waals surface area contributed by atoms with Gasteiger partial charge in [0.1, 0.15) is 17.7 Å². The first-order valence-electron chi connectivity index (χ1n) is 11.0. The van der Waals surface area contributed by atoms with Gasteiger partial charge in [0.15, 0.2) is 0 Å². The van der Waals surface area contributed by atoms with Crippen molar-refractivity contribution in [1.82, 2.24) is 10.2 Å². The number of alkyl carbamates (subject to hydrolysis) is 1. The zero-order valence-electron chi connectivity index (χ0n) is 19.4. The number of nitrogens with zero attached hydrogens (tertiary/aromatic N) is 1. The second-order valence-corrected chi connectivity index (χ2v) is 11.9. The van der Waals surface area contributed by atoms with Crippen LogP contribution in [0.4, 0.5) is 4.79 Å². The quantitative estimate of drug-likeness (QED) is 0.398. The molecule has 2 N–H and O–H groups in total. The maximum atomic E-state index is 13.7. The first-order valence-corrected chi connectivity index (χ1v) is 12.3. The topological polar surface area (TPSA) is 105 Å². The largest absolute Gasteiger partial charge is 0.480 e. The molecule has 1 heterocycles. The standard InChI is InChI=1S/C22H37IN2O6/c1-21(2,3)30-14-12-25(17(15(14)23)19(27)28)18(26)16(13-10-8-7-9-11-13)24-20(29)31-22(4,5)6/h13-17H,7-12H2,1-6H3,(H,24,29)(H,27,28)/t14?,15?,16-,17-/m0/s1. The molecule has 2 amide bonds. The lowest BCUT2D eigenvalue weighted by molar-refractivity contribution is -0.149. The number of carboxylic acids is 1. The molecule has 2 fully saturated rings. The van der Waals surface area contributed by atoms with E-state index < -0.39 is 45.4 Å². The Labute approximate surface area is 198 Å². The third-order valence-corrected chi connectivity index (χ3v) is 6.95. The number of ether oxygens (including phenoxy) is 2. The lowest BCUT2D eigenvalue weighted by Gasteiger charge is -2.34. The summed E-state index contributed by atoms with van der Waals surface area (Å²) < 4.78 is 11.1. The Bertz CT molecular complexity index is 666. The van der Waals surface area contributed by atoms with Gasteiger partial charge in [-0.1, -0.05) is 41.9 Å². The van der Waals surface area contributed by atoms with Crippen molar-refractivity contribution in [3.05, 3.63) is 0 Å². The van der Waals surface area contributed by atoms with Crippen molar-refractivity contribution in [2.45, 2.75) is 107 Å². The summed E-state index contributed by atoms with van der Waals surface area (Å²) >= 11 is 2.07. The second-order valence-electron chi connectivity index (χ2n) is 10.5. The Morgan fingerprint density at radius 1 is 1.03 bits per heavy atom. The van der Waals surface area contributed by atoms with E-state index in [2.05, 4.69) is 27.9 Å². The third kappa shape index (κ3) is 7.47. The van der Waals surface area contributed by atoms with E-state index in [0.29, 0.717) is 0 Å². The molecular weight excluding hydrogens is 515 g/mol. The average molecular weight is 552 g/mol. The average Bonchev–Trinajstić information content (AvgIpc) is 2.93. The molecule has 0 aromatic rings. The number of hydrogen-bond donors (Lipinski definition) is 2. The fourth-order valence-electron chi connectivity index (χ4n) is 4.30. The molecule has 0 spiro atoms. The monoisotopic (exact) mass is 552 g/mol. The number of amides is 2. The summed E-state index contributed by atoms with van der Waals surface area (Å²) in [4.78, 5) is 39.6. The maximum absolute atomic E-state index is 13.7. The molecule has 1 saturated carbocycles. The van der Waals surface area contributed by atoms with E-state index in [-0.39, 0.29) is 18.4 Å². The smallest absolute Gasteiger partial charge is 0.408 e. The molecule has 2 aliphatic rings. The summed E-state index contributed by atoms with van der Waals surface area (Å²) in [5.74, 6) is -1.47. The number of halogens is 1. The SMILES string of the molecule is CC(C)(C)OC(=O)N[C@H](C(=O)N1CC(OC(C)(C)C)C(I)[C@H]1C(=O)O)C1CCCCC1. The maximum Gasteiger partial charge on any atom is 0.408 e. The molecule has 2 rings (SSSR count). The second kappa shape index (κ2) is 10.2. The number of carbonyl (C=O) groups excluding carboxylic acids is 2. The molecule has 9 heteroatoms. The fraction of sp³-hybridized carbons (Fsp3) is 0.864. The molecule has 1 aliphatic carbocycles. The predicted octanol–water partition coefficient (Wildman–Crippen LogP) is 3.74. The van der Waals surface area contributed by atoms with Crippen LogP contribution in [0.5, 0.6) is 0 Å². The van der Waals surface area contributed by atoms with Crippen molar-refractivity contribution in [3.8, 4) is 0 Å². The number of carbonyl (C=O) groups is 3. The van der Waals surface area contributed by atoms with Crippen molar-refractivity contribution in [3.63, 3.8) is 0 Å². The van der Waals surface area contributed by atoms with Gasteiger partial charge in [-0.15, -0.1) is 0 Å². The van der Waals surface area contributed by atoms with Gasteiger partial charge in [-0.25, -0.2) is 9.59 Å². The normalized spacial score (nSPS) is 26.4. The number of nitrogens with one attached hydrogen (secondary N) is 1. The Balaban J connectivity index is 2.27. The number of rotatable bonds is 5. The fourth-order valence-corrected chi connectivity index (χ4v) is 5.37. The molecule has 4 atom stereocenters. The van der Waals surface area contributed by atoms with Gasteiger partial charge < -0.3 is 24.8 Å². The van der Waals surface area contributed by atoms with E-state index in [1.807, 2.05) is 20.8 Å². The van der Waals surface area contributed by atoms with Crippen LogP contribution in [0.25, 0.3) is 0 Å². The highest BCUT2D eigenvalue weighted by atomic mass is 127. The van der Waals surface area contributed by atoms with Gasteiger partial charge >= 0.3 is 12.1 Å². The van der Waals surface area contributed by atoms with Crippen LogP contribution >= 0.6 is 22.6 Å². The van der Waals surface area contributed by atoms with E-state index in [1.165, 1.54) is 4.90 Å². The minimum atomic E-state index is -1.06. The van der Waals surface area contributed by atoms with Gasteiger partial charge in [0, 0.05) is 6.54 Å². The van der Waals surface area contributed by atoms with Crippen LogP contribution in [0.2, 0.25) is 0 Å². The minimum Gasteiger partial charge on any atom is -0.480 e. The van der Waals surface area contributed by atoms with Crippen LogP contribution in [-0.4, -0.2) is 67.8 Å². The number of alkyl halides is 1. The van der Waals surface area contributed by atoms with Crippen LogP contribution < -0.4 is 5.32 Å². The van der Waals surface area contributed by atoms with Crippen molar-refractivity contribution in [1.29, 1.82) is 0 Å². The van der Waals surface area contributed by atoms with Gasteiger partial charge in [-0.2, -0.15) is 0 Å². The van der Waals surface area contributed by atoms with Crippen LogP contribution in [0.1, 0.15) is 73.6 Å². The van der Waals surface area contributed by atoms with Gasteiger partial charge in [0.05, 0.1) is 15.6 Å². The molecule has 1 saturated heterocycles. The first kappa shape index (κ1) is 26.2. The molecule has 31 heavy (non-hydrogen) atoms. The molecule has 0 bridgehead atoms. The van der Waals surface area contributed by atoms with Crippen molar-refractivity contribution >= 4 is 40.6 Å². The van der Waals surface area contributed by atoms with Gasteiger partial charge in [-0.3, -0.25) is 4.79 Å². The van der Waals surface area contributed by atoms with Crippen molar-refractivity contribution in [2.75, 3.05) is 6.54 Å². The molecule has 0 aromatic heterocycles. The Morgan fingerprint density at radius 3 is 2.10 bits per heavy atom. The highest BCUT2D eigenvalue weighted by molar-refractivity contribution is 14.1. The molecule has 0 radical (unpaired) electrons. The summed E-state index contributed by atoms with van der Waals surface area (Å²) in [6.45, 7) is 11.2. The lowest BCUT2D eigenvalue weighted by Crippen LogP contribution is -2.56. The zero-order valence-corrected chi connectivity index (χ0v) is 21.6. The van der Waals surface area contributed by atoms with Crippen LogP contribution in [-0.2, 0) is 19.1 Å². The third-order valence-electron chi connectivity index (χ3n) is 5.47. The summed E-state index contributed by atoms with van der Waals surface area (Å²) in [5.41, 5.74) is -1.16. The number of carboxylic acid groups (broad SMARTS) is 1. The van der Waals surface area contributed by atoms with Crippen LogP contribution in [0.3, 0.4) is 0 Å². The zero-order chi connectivity index (χ0) is 23.6. The van der Waals surface area contributed by atoms with Gasteiger partial charge in [0.25, 0.3) is 0 Å². The summed E-state index contributed by atoms with van der Waals surface area (Å²) in [6, 6.07) is -1.82. The summed E-state index contributed by atoms with van der Waals surface area (Å²) in [7, 11) is 0. The van der Waals surface area contributed by atoms with Crippen LogP contribution in [0.15, 0.2) is 0 Å². The molecule has 178 valence electrons. The molecule has 1 aliphatic heterocycles. The highest BCUT2D eigenvalue weighted by Crippen LogP contribution is 2.34. The van der Waals surface area contributed by atoms with Gasteiger partial charge in [-0.05, 0) is 60.3 Å². The summed E-state index contributed by atoms with van der Waals surface area (Å²) in [6.07, 6.45) is 3.63. The highest BCUT2D eigenvalue weighted by Gasteiger charge is 2.50. The van der Waals surface area contributed by atoms with Crippen molar-refractivity contribution < 1.29 is 29.0 Å². The van der Waals surface area contributed by atoms with E-state index in [4.69, 9.17) is 9.47 Å².